The summed E-state index contributed by atoms with van der Waals surface area (Å²) in [5.74, 6) is -0.713. The Balaban J connectivity index is 1.90. The molecule has 21 heavy (non-hydrogen) atoms. The number of aliphatic hydroxyl groups excluding tert-OH is 1. The average molecular weight is 293 g/mol. The van der Waals surface area contributed by atoms with Crippen LogP contribution in [0.2, 0.25) is 0 Å². The van der Waals surface area contributed by atoms with E-state index in [4.69, 9.17) is 14.3 Å². The lowest BCUT2D eigenvalue weighted by Crippen LogP contribution is -2.51. The van der Waals surface area contributed by atoms with Crippen molar-refractivity contribution in [3.05, 3.63) is 35.8 Å². The maximum absolute atomic E-state index is 13.6. The number of benzene rings is 1. The first kappa shape index (κ1) is 14.0. The number of hydrogen-bond donors (Lipinski definition) is 1. The first-order chi connectivity index (χ1) is 10.1. The number of halogens is 1. The SMILES string of the molecule is CC1COC(CO)CN1C(=O)c1cc2cccc(F)c2o1. The molecule has 1 aliphatic rings. The standard InChI is InChI=1S/C15H16FNO4/c1-9-8-20-11(7-18)6-17(9)15(19)13-5-10-3-2-4-12(16)14(10)21-13/h2-5,9,11,18H,6-8H2,1H3. The zero-order valence-corrected chi connectivity index (χ0v) is 11.6. The molecule has 1 aromatic heterocycles. The molecule has 2 atom stereocenters. The molecule has 5 nitrogen and oxygen atoms in total. The third-order valence-electron chi connectivity index (χ3n) is 3.68. The van der Waals surface area contributed by atoms with E-state index in [2.05, 4.69) is 0 Å². The number of rotatable bonds is 2. The number of fused-ring (bicyclic) bond motifs is 1. The fraction of sp³-hybridized carbons (Fsp3) is 0.400. The maximum Gasteiger partial charge on any atom is 0.290 e. The molecule has 6 heteroatoms. The van der Waals surface area contributed by atoms with E-state index in [1.165, 1.54) is 12.1 Å². The van der Waals surface area contributed by atoms with E-state index in [0.717, 1.165) is 0 Å². The number of para-hydroxylation sites is 1. The summed E-state index contributed by atoms with van der Waals surface area (Å²) in [6.45, 7) is 2.35. The summed E-state index contributed by atoms with van der Waals surface area (Å²) in [6, 6.07) is 5.97. The molecule has 2 heterocycles. The Bertz CT molecular complexity index is 669. The average Bonchev–Trinajstić information content (AvgIpc) is 2.93. The van der Waals surface area contributed by atoms with Crippen molar-refractivity contribution in [3.8, 4) is 0 Å². The van der Waals surface area contributed by atoms with Gasteiger partial charge in [-0.05, 0) is 19.1 Å². The van der Waals surface area contributed by atoms with E-state index in [1.807, 2.05) is 6.92 Å². The Hall–Kier alpha value is -1.92. The summed E-state index contributed by atoms with van der Waals surface area (Å²) in [6.07, 6.45) is -0.397. The first-order valence-corrected chi connectivity index (χ1v) is 6.81. The minimum atomic E-state index is -0.491. The second-order valence-electron chi connectivity index (χ2n) is 5.21. The molecular weight excluding hydrogens is 277 g/mol. The van der Waals surface area contributed by atoms with Crippen molar-refractivity contribution in [2.24, 2.45) is 0 Å². The Kier molecular flexibility index (Phi) is 3.65. The number of nitrogens with zero attached hydrogens (tertiary/aromatic N) is 1. The molecule has 1 saturated heterocycles. The van der Waals surface area contributed by atoms with Crippen molar-refractivity contribution in [1.29, 1.82) is 0 Å². The fourth-order valence-electron chi connectivity index (χ4n) is 2.49. The molecular formula is C15H16FNO4. The lowest BCUT2D eigenvalue weighted by Gasteiger charge is -2.36. The van der Waals surface area contributed by atoms with Crippen molar-refractivity contribution in [1.82, 2.24) is 4.90 Å². The van der Waals surface area contributed by atoms with Gasteiger partial charge in [0.05, 0.1) is 25.4 Å². The van der Waals surface area contributed by atoms with Gasteiger partial charge in [0.15, 0.2) is 17.2 Å². The first-order valence-electron chi connectivity index (χ1n) is 6.81. The summed E-state index contributed by atoms with van der Waals surface area (Å²) >= 11 is 0. The quantitative estimate of drug-likeness (QED) is 0.917. The Morgan fingerprint density at radius 3 is 3.05 bits per heavy atom. The van der Waals surface area contributed by atoms with Crippen LogP contribution in [0, 0.1) is 5.82 Å². The second kappa shape index (κ2) is 5.46. The summed E-state index contributed by atoms with van der Waals surface area (Å²) in [4.78, 5) is 14.1. The third-order valence-corrected chi connectivity index (χ3v) is 3.68. The van der Waals surface area contributed by atoms with Crippen molar-refractivity contribution in [2.75, 3.05) is 19.8 Å². The maximum atomic E-state index is 13.6. The van der Waals surface area contributed by atoms with E-state index in [1.54, 1.807) is 17.0 Å². The number of morpholine rings is 1. The molecule has 0 saturated carbocycles. The summed E-state index contributed by atoms with van der Waals surface area (Å²) < 4.78 is 24.4. The normalized spacial score (nSPS) is 22.7. The minimum Gasteiger partial charge on any atom is -0.448 e. The zero-order valence-electron chi connectivity index (χ0n) is 11.6. The monoisotopic (exact) mass is 293 g/mol. The van der Waals surface area contributed by atoms with Crippen LogP contribution in [0.25, 0.3) is 11.0 Å². The Morgan fingerprint density at radius 1 is 1.52 bits per heavy atom. The van der Waals surface area contributed by atoms with E-state index in [9.17, 15) is 9.18 Å². The molecule has 0 bridgehead atoms. The fourth-order valence-corrected chi connectivity index (χ4v) is 2.49. The van der Waals surface area contributed by atoms with E-state index < -0.39 is 11.9 Å². The molecule has 0 aliphatic carbocycles. The number of carbonyl (C=O) groups excluding carboxylic acids is 1. The van der Waals surface area contributed by atoms with Crippen molar-refractivity contribution in [2.45, 2.75) is 19.1 Å². The van der Waals surface area contributed by atoms with Gasteiger partial charge in [0.1, 0.15) is 0 Å². The molecule has 2 unspecified atom stereocenters. The van der Waals surface area contributed by atoms with Crippen LogP contribution in [0.15, 0.2) is 28.7 Å². The van der Waals surface area contributed by atoms with Crippen LogP contribution in [0.3, 0.4) is 0 Å². The number of amides is 1. The van der Waals surface area contributed by atoms with Crippen molar-refractivity contribution >= 4 is 16.9 Å². The van der Waals surface area contributed by atoms with E-state index in [-0.39, 0.29) is 36.4 Å². The van der Waals surface area contributed by atoms with Gasteiger partial charge >= 0.3 is 0 Å². The van der Waals surface area contributed by atoms with Crippen LogP contribution < -0.4 is 0 Å². The molecule has 2 aromatic rings. The number of hydrogen-bond acceptors (Lipinski definition) is 4. The highest BCUT2D eigenvalue weighted by Gasteiger charge is 2.31. The van der Waals surface area contributed by atoms with Crippen molar-refractivity contribution in [3.63, 3.8) is 0 Å². The zero-order chi connectivity index (χ0) is 15.0. The predicted molar refractivity (Wildman–Crippen MR) is 73.5 cm³/mol. The molecule has 1 aromatic carbocycles. The van der Waals surface area contributed by atoms with Crippen LogP contribution in [0.1, 0.15) is 17.5 Å². The van der Waals surface area contributed by atoms with Crippen molar-refractivity contribution < 1.29 is 23.4 Å². The van der Waals surface area contributed by atoms with Gasteiger partial charge in [0.2, 0.25) is 0 Å². The highest BCUT2D eigenvalue weighted by molar-refractivity contribution is 5.96. The number of ether oxygens (including phenoxy) is 1. The van der Waals surface area contributed by atoms with Gasteiger partial charge in [-0.2, -0.15) is 0 Å². The Labute approximate surface area is 120 Å². The van der Waals surface area contributed by atoms with Crippen LogP contribution in [-0.4, -0.2) is 47.8 Å². The van der Waals surface area contributed by atoms with Gasteiger partial charge in [-0.1, -0.05) is 12.1 Å². The third kappa shape index (κ3) is 2.52. The molecule has 112 valence electrons. The lowest BCUT2D eigenvalue weighted by atomic mass is 10.2. The summed E-state index contributed by atoms with van der Waals surface area (Å²) in [7, 11) is 0. The van der Waals surface area contributed by atoms with Gasteiger partial charge < -0.3 is 19.2 Å². The predicted octanol–water partition coefficient (Wildman–Crippen LogP) is 1.79. The topological polar surface area (TPSA) is 62.9 Å². The van der Waals surface area contributed by atoms with Gasteiger partial charge in [-0.3, -0.25) is 4.79 Å². The number of carbonyl (C=O) groups is 1. The molecule has 0 radical (unpaired) electrons. The second-order valence-corrected chi connectivity index (χ2v) is 5.21. The van der Waals surface area contributed by atoms with Crippen LogP contribution in [0.5, 0.6) is 0 Å². The van der Waals surface area contributed by atoms with Crippen LogP contribution >= 0.6 is 0 Å². The largest absolute Gasteiger partial charge is 0.448 e. The molecule has 1 fully saturated rings. The molecule has 1 N–H and O–H groups in total. The number of aliphatic hydroxyl groups is 1. The lowest BCUT2D eigenvalue weighted by molar-refractivity contribution is -0.0673. The van der Waals surface area contributed by atoms with Gasteiger partial charge in [0, 0.05) is 11.9 Å². The van der Waals surface area contributed by atoms with Gasteiger partial charge in [-0.25, -0.2) is 4.39 Å². The highest BCUT2D eigenvalue weighted by atomic mass is 19.1. The summed E-state index contributed by atoms with van der Waals surface area (Å²) in [5.41, 5.74) is 0.0838. The smallest absolute Gasteiger partial charge is 0.290 e. The highest BCUT2D eigenvalue weighted by Crippen LogP contribution is 2.24. The van der Waals surface area contributed by atoms with Gasteiger partial charge in [-0.15, -0.1) is 0 Å². The van der Waals surface area contributed by atoms with Crippen LogP contribution in [0.4, 0.5) is 4.39 Å². The van der Waals surface area contributed by atoms with E-state index >= 15 is 0 Å². The molecule has 1 amide bonds. The number of furan rings is 1. The minimum absolute atomic E-state index is 0.0838. The Morgan fingerprint density at radius 2 is 2.33 bits per heavy atom. The van der Waals surface area contributed by atoms with E-state index in [0.29, 0.717) is 12.0 Å². The summed E-state index contributed by atoms with van der Waals surface area (Å²) in [5, 5.41) is 9.72. The molecule has 3 rings (SSSR count). The molecule has 0 spiro atoms. The van der Waals surface area contributed by atoms with Crippen LogP contribution in [-0.2, 0) is 4.74 Å². The van der Waals surface area contributed by atoms with Gasteiger partial charge in [0.25, 0.3) is 5.91 Å². The molecule has 1 aliphatic heterocycles.